The molecular formula is C19H24N2O3S. The van der Waals surface area contributed by atoms with E-state index >= 15 is 0 Å². The molecule has 0 saturated carbocycles. The molecule has 0 spiro atoms. The summed E-state index contributed by atoms with van der Waals surface area (Å²) in [4.78, 5) is 12.3. The zero-order valence-corrected chi connectivity index (χ0v) is 15.3. The van der Waals surface area contributed by atoms with Crippen LogP contribution in [-0.4, -0.2) is 20.1 Å². The highest BCUT2D eigenvalue weighted by Gasteiger charge is 2.17. The Balaban J connectivity index is 2.15. The van der Waals surface area contributed by atoms with Crippen molar-refractivity contribution in [2.75, 3.05) is 5.75 Å². The normalized spacial score (nSPS) is 11.5. The van der Waals surface area contributed by atoms with Crippen molar-refractivity contribution in [3.63, 3.8) is 0 Å². The number of carbonyl (C=O) groups is 1. The molecule has 3 N–H and O–H groups in total. The fraction of sp³-hybridized carbons (Fsp3) is 0.316. The Labute approximate surface area is 149 Å². The lowest BCUT2D eigenvalue weighted by atomic mass is 9.97. The standard InChI is InChI=1S/C19H24N2O3S/c1-14-5-9-16(10-6-14)19(17-11-7-15(2)8-12-17)21-18(22)4-3-13-25(20,23)24/h5-12,19H,3-4,13H2,1-2H3,(H,21,22)(H2,20,23,24). The first-order valence-corrected chi connectivity index (χ1v) is 9.89. The first-order valence-electron chi connectivity index (χ1n) is 8.17. The maximum absolute atomic E-state index is 12.3. The van der Waals surface area contributed by atoms with Gasteiger partial charge in [0.25, 0.3) is 0 Å². The third-order valence-electron chi connectivity index (χ3n) is 3.96. The quantitative estimate of drug-likeness (QED) is 0.795. The lowest BCUT2D eigenvalue weighted by Crippen LogP contribution is -2.29. The van der Waals surface area contributed by atoms with Gasteiger partial charge >= 0.3 is 0 Å². The number of hydrogen-bond donors (Lipinski definition) is 2. The van der Waals surface area contributed by atoms with Crippen molar-refractivity contribution in [2.24, 2.45) is 5.14 Å². The average molecular weight is 360 g/mol. The SMILES string of the molecule is Cc1ccc(C(NC(=O)CCCS(N)(=O)=O)c2ccc(C)cc2)cc1. The molecule has 134 valence electrons. The molecule has 0 aliphatic heterocycles. The van der Waals surface area contributed by atoms with Crippen molar-refractivity contribution in [3.8, 4) is 0 Å². The van der Waals surface area contributed by atoms with E-state index in [1.54, 1.807) is 0 Å². The Bertz CT molecular complexity index is 767. The van der Waals surface area contributed by atoms with Crippen molar-refractivity contribution in [2.45, 2.75) is 32.7 Å². The number of nitrogens with one attached hydrogen (secondary N) is 1. The van der Waals surface area contributed by atoms with E-state index in [4.69, 9.17) is 5.14 Å². The van der Waals surface area contributed by atoms with E-state index in [2.05, 4.69) is 5.32 Å². The van der Waals surface area contributed by atoms with Crippen molar-refractivity contribution < 1.29 is 13.2 Å². The van der Waals surface area contributed by atoms with Crippen LogP contribution in [0.2, 0.25) is 0 Å². The third-order valence-corrected chi connectivity index (χ3v) is 4.82. The van der Waals surface area contributed by atoms with Crippen molar-refractivity contribution in [1.82, 2.24) is 5.32 Å². The van der Waals surface area contributed by atoms with Crippen LogP contribution < -0.4 is 10.5 Å². The molecule has 1 amide bonds. The van der Waals surface area contributed by atoms with Crippen LogP contribution in [0.4, 0.5) is 0 Å². The number of hydrogen-bond acceptors (Lipinski definition) is 3. The minimum Gasteiger partial charge on any atom is -0.345 e. The largest absolute Gasteiger partial charge is 0.345 e. The van der Waals surface area contributed by atoms with Crippen LogP contribution >= 0.6 is 0 Å². The lowest BCUT2D eigenvalue weighted by Gasteiger charge is -2.20. The number of aryl methyl sites for hydroxylation is 2. The highest BCUT2D eigenvalue weighted by molar-refractivity contribution is 7.89. The summed E-state index contributed by atoms with van der Waals surface area (Å²) in [6.45, 7) is 4.02. The van der Waals surface area contributed by atoms with Crippen molar-refractivity contribution >= 4 is 15.9 Å². The van der Waals surface area contributed by atoms with Crippen LogP contribution in [0.3, 0.4) is 0 Å². The second kappa shape index (κ2) is 8.27. The number of rotatable bonds is 7. The Hall–Kier alpha value is -2.18. The van der Waals surface area contributed by atoms with Crippen molar-refractivity contribution in [1.29, 1.82) is 0 Å². The lowest BCUT2D eigenvalue weighted by molar-refractivity contribution is -0.121. The molecule has 0 aliphatic carbocycles. The van der Waals surface area contributed by atoms with Gasteiger partial charge in [0.2, 0.25) is 15.9 Å². The van der Waals surface area contributed by atoms with E-state index in [0.717, 1.165) is 22.3 Å². The van der Waals surface area contributed by atoms with Crippen LogP contribution in [0.1, 0.15) is 41.1 Å². The zero-order valence-electron chi connectivity index (χ0n) is 14.5. The first-order chi connectivity index (χ1) is 11.7. The van der Waals surface area contributed by atoms with Gasteiger partial charge in [-0.05, 0) is 31.4 Å². The molecule has 0 aromatic heterocycles. The van der Waals surface area contributed by atoms with E-state index in [9.17, 15) is 13.2 Å². The summed E-state index contributed by atoms with van der Waals surface area (Å²) in [6.07, 6.45) is 0.323. The molecule has 0 unspecified atom stereocenters. The molecule has 25 heavy (non-hydrogen) atoms. The van der Waals surface area contributed by atoms with Gasteiger partial charge in [0.05, 0.1) is 11.8 Å². The number of amides is 1. The highest BCUT2D eigenvalue weighted by Crippen LogP contribution is 2.23. The van der Waals surface area contributed by atoms with Crippen LogP contribution in [0, 0.1) is 13.8 Å². The van der Waals surface area contributed by atoms with Crippen LogP contribution in [-0.2, 0) is 14.8 Å². The van der Waals surface area contributed by atoms with Crippen molar-refractivity contribution in [3.05, 3.63) is 70.8 Å². The van der Waals surface area contributed by atoms with Gasteiger partial charge in [0.1, 0.15) is 0 Å². The fourth-order valence-electron chi connectivity index (χ4n) is 2.54. The maximum Gasteiger partial charge on any atom is 0.220 e. The molecule has 0 radical (unpaired) electrons. The van der Waals surface area contributed by atoms with Gasteiger partial charge in [0.15, 0.2) is 0 Å². The molecule has 2 rings (SSSR count). The molecule has 2 aromatic carbocycles. The summed E-state index contributed by atoms with van der Waals surface area (Å²) in [6, 6.07) is 15.7. The molecule has 0 bridgehead atoms. The van der Waals surface area contributed by atoms with Gasteiger partial charge in [-0.3, -0.25) is 4.79 Å². The van der Waals surface area contributed by atoms with E-state index in [0.29, 0.717) is 0 Å². The number of primary sulfonamides is 1. The molecule has 0 fully saturated rings. The average Bonchev–Trinajstić information content (AvgIpc) is 2.53. The molecule has 0 atom stereocenters. The summed E-state index contributed by atoms with van der Waals surface area (Å²) >= 11 is 0. The van der Waals surface area contributed by atoms with Gasteiger partial charge in [-0.2, -0.15) is 0 Å². The molecular weight excluding hydrogens is 336 g/mol. The Morgan fingerprint density at radius 3 is 1.80 bits per heavy atom. The molecule has 0 heterocycles. The fourth-order valence-corrected chi connectivity index (χ4v) is 3.09. The minimum absolute atomic E-state index is 0.116. The molecule has 2 aromatic rings. The molecule has 5 nitrogen and oxygen atoms in total. The monoisotopic (exact) mass is 360 g/mol. The van der Waals surface area contributed by atoms with E-state index in [-0.39, 0.29) is 30.5 Å². The third kappa shape index (κ3) is 6.32. The summed E-state index contributed by atoms with van der Waals surface area (Å²) < 4.78 is 22.0. The van der Waals surface area contributed by atoms with Gasteiger partial charge < -0.3 is 5.32 Å². The molecule has 0 saturated heterocycles. The summed E-state index contributed by atoms with van der Waals surface area (Å²) in [5, 5.41) is 7.97. The maximum atomic E-state index is 12.3. The van der Waals surface area contributed by atoms with Gasteiger partial charge in [0, 0.05) is 6.42 Å². The van der Waals surface area contributed by atoms with E-state index < -0.39 is 10.0 Å². The second-order valence-electron chi connectivity index (χ2n) is 6.29. The predicted octanol–water partition coefficient (Wildman–Crippen LogP) is 2.58. The Morgan fingerprint density at radius 2 is 1.40 bits per heavy atom. The topological polar surface area (TPSA) is 89.3 Å². The molecule has 0 aliphatic rings. The van der Waals surface area contributed by atoms with Gasteiger partial charge in [-0.25, -0.2) is 13.6 Å². The first kappa shape index (κ1) is 19.1. The second-order valence-corrected chi connectivity index (χ2v) is 8.03. The zero-order chi connectivity index (χ0) is 18.4. The van der Waals surface area contributed by atoms with Crippen LogP contribution in [0.5, 0.6) is 0 Å². The Kier molecular flexibility index (Phi) is 6.33. The van der Waals surface area contributed by atoms with Gasteiger partial charge in [-0.1, -0.05) is 59.7 Å². The Morgan fingerprint density at radius 1 is 0.960 bits per heavy atom. The summed E-state index contributed by atoms with van der Waals surface area (Å²) in [5.74, 6) is -0.394. The summed E-state index contributed by atoms with van der Waals surface area (Å²) in [7, 11) is -3.54. The van der Waals surface area contributed by atoms with Crippen LogP contribution in [0.15, 0.2) is 48.5 Å². The predicted molar refractivity (Wildman–Crippen MR) is 99.6 cm³/mol. The van der Waals surface area contributed by atoms with E-state index in [1.807, 2.05) is 62.4 Å². The minimum atomic E-state index is -3.54. The highest BCUT2D eigenvalue weighted by atomic mass is 32.2. The number of carbonyl (C=O) groups excluding carboxylic acids is 1. The number of benzene rings is 2. The number of sulfonamides is 1. The molecule has 6 heteroatoms. The van der Waals surface area contributed by atoms with Crippen LogP contribution in [0.25, 0.3) is 0 Å². The number of nitrogens with two attached hydrogens (primary N) is 1. The smallest absolute Gasteiger partial charge is 0.220 e. The van der Waals surface area contributed by atoms with Gasteiger partial charge in [-0.15, -0.1) is 0 Å². The summed E-state index contributed by atoms with van der Waals surface area (Å²) in [5.41, 5.74) is 4.25. The van der Waals surface area contributed by atoms with E-state index in [1.165, 1.54) is 0 Å².